The van der Waals surface area contributed by atoms with Gasteiger partial charge in [0.05, 0.1) is 12.3 Å². The molecule has 15 heavy (non-hydrogen) atoms. The SMILES string of the molecule is CC(C)OC(=O)Nc1c(CN)cnn1C. The summed E-state index contributed by atoms with van der Waals surface area (Å²) in [6.45, 7) is 3.89. The van der Waals surface area contributed by atoms with Crippen molar-refractivity contribution in [3.63, 3.8) is 0 Å². The zero-order chi connectivity index (χ0) is 11.4. The molecule has 0 atom stereocenters. The fraction of sp³-hybridized carbons (Fsp3) is 0.556. The van der Waals surface area contributed by atoms with Crippen LogP contribution in [0.4, 0.5) is 10.6 Å². The summed E-state index contributed by atoms with van der Waals surface area (Å²) in [5.74, 6) is 0.572. The number of carbonyl (C=O) groups is 1. The molecule has 0 spiro atoms. The van der Waals surface area contributed by atoms with Crippen molar-refractivity contribution in [2.75, 3.05) is 5.32 Å². The van der Waals surface area contributed by atoms with Crippen LogP contribution in [0, 0.1) is 0 Å². The Bertz CT molecular complexity index is 346. The predicted molar refractivity (Wildman–Crippen MR) is 56.3 cm³/mol. The molecule has 0 aliphatic carbocycles. The zero-order valence-corrected chi connectivity index (χ0v) is 9.15. The van der Waals surface area contributed by atoms with Crippen LogP contribution in [-0.4, -0.2) is 22.0 Å². The monoisotopic (exact) mass is 212 g/mol. The second-order valence-corrected chi connectivity index (χ2v) is 3.43. The summed E-state index contributed by atoms with van der Waals surface area (Å²) < 4.78 is 6.49. The van der Waals surface area contributed by atoms with Crippen LogP contribution >= 0.6 is 0 Å². The lowest BCUT2D eigenvalue weighted by atomic mass is 10.3. The largest absolute Gasteiger partial charge is 0.447 e. The summed E-state index contributed by atoms with van der Waals surface area (Å²) in [7, 11) is 1.73. The Hall–Kier alpha value is -1.56. The molecule has 1 aromatic rings. The standard InChI is InChI=1S/C9H16N4O2/c1-6(2)15-9(14)12-8-7(4-10)5-11-13(8)3/h5-6H,4,10H2,1-3H3,(H,12,14). The van der Waals surface area contributed by atoms with Gasteiger partial charge in [-0.2, -0.15) is 5.10 Å². The van der Waals surface area contributed by atoms with Crippen LogP contribution in [0.25, 0.3) is 0 Å². The van der Waals surface area contributed by atoms with E-state index in [0.717, 1.165) is 5.56 Å². The molecule has 1 aromatic heterocycles. The molecule has 0 radical (unpaired) electrons. The molecule has 0 saturated heterocycles. The zero-order valence-electron chi connectivity index (χ0n) is 9.15. The number of hydrogen-bond donors (Lipinski definition) is 2. The number of nitrogens with zero attached hydrogens (tertiary/aromatic N) is 2. The Morgan fingerprint density at radius 1 is 1.73 bits per heavy atom. The number of carbonyl (C=O) groups excluding carboxylic acids is 1. The summed E-state index contributed by atoms with van der Waals surface area (Å²) >= 11 is 0. The first-order valence-corrected chi connectivity index (χ1v) is 4.73. The smallest absolute Gasteiger partial charge is 0.413 e. The third-order valence-electron chi connectivity index (χ3n) is 1.80. The lowest BCUT2D eigenvalue weighted by molar-refractivity contribution is 0.129. The van der Waals surface area contributed by atoms with Crippen molar-refractivity contribution in [3.05, 3.63) is 11.8 Å². The van der Waals surface area contributed by atoms with Gasteiger partial charge in [-0.15, -0.1) is 0 Å². The van der Waals surface area contributed by atoms with Gasteiger partial charge in [-0.05, 0) is 13.8 Å². The molecule has 1 rings (SSSR count). The van der Waals surface area contributed by atoms with Crippen molar-refractivity contribution < 1.29 is 9.53 Å². The van der Waals surface area contributed by atoms with Crippen molar-refractivity contribution in [1.29, 1.82) is 0 Å². The van der Waals surface area contributed by atoms with Gasteiger partial charge < -0.3 is 10.5 Å². The minimum atomic E-state index is -0.497. The van der Waals surface area contributed by atoms with E-state index in [4.69, 9.17) is 10.5 Å². The molecule has 0 unspecified atom stereocenters. The molecular weight excluding hydrogens is 196 g/mol. The van der Waals surface area contributed by atoms with Crippen molar-refractivity contribution in [1.82, 2.24) is 9.78 Å². The van der Waals surface area contributed by atoms with Crippen LogP contribution in [0.1, 0.15) is 19.4 Å². The van der Waals surface area contributed by atoms with E-state index in [1.165, 1.54) is 0 Å². The quantitative estimate of drug-likeness (QED) is 0.777. The van der Waals surface area contributed by atoms with E-state index in [1.54, 1.807) is 31.8 Å². The van der Waals surface area contributed by atoms with Crippen LogP contribution in [0.2, 0.25) is 0 Å². The molecule has 84 valence electrons. The first-order valence-electron chi connectivity index (χ1n) is 4.73. The maximum absolute atomic E-state index is 11.3. The van der Waals surface area contributed by atoms with Crippen LogP contribution in [0.5, 0.6) is 0 Å². The highest BCUT2D eigenvalue weighted by Crippen LogP contribution is 2.13. The summed E-state index contributed by atoms with van der Waals surface area (Å²) in [5.41, 5.74) is 6.27. The number of amides is 1. The number of ether oxygens (including phenoxy) is 1. The van der Waals surface area contributed by atoms with Crippen molar-refractivity contribution in [3.8, 4) is 0 Å². The maximum Gasteiger partial charge on any atom is 0.413 e. The fourth-order valence-corrected chi connectivity index (χ4v) is 1.13. The van der Waals surface area contributed by atoms with Gasteiger partial charge in [0.25, 0.3) is 0 Å². The third kappa shape index (κ3) is 2.95. The van der Waals surface area contributed by atoms with E-state index in [-0.39, 0.29) is 6.10 Å². The van der Waals surface area contributed by atoms with Gasteiger partial charge in [0.15, 0.2) is 0 Å². The van der Waals surface area contributed by atoms with E-state index >= 15 is 0 Å². The lowest BCUT2D eigenvalue weighted by Crippen LogP contribution is -2.20. The average molecular weight is 212 g/mol. The number of nitrogens with one attached hydrogen (secondary N) is 1. The minimum absolute atomic E-state index is 0.153. The Labute approximate surface area is 88.4 Å². The number of hydrogen-bond acceptors (Lipinski definition) is 4. The molecule has 6 nitrogen and oxygen atoms in total. The van der Waals surface area contributed by atoms with Gasteiger partial charge in [-0.1, -0.05) is 0 Å². The normalized spacial score (nSPS) is 10.5. The van der Waals surface area contributed by atoms with Gasteiger partial charge in [-0.25, -0.2) is 4.79 Å². The molecule has 3 N–H and O–H groups in total. The fourth-order valence-electron chi connectivity index (χ4n) is 1.13. The Balaban J connectivity index is 2.71. The van der Waals surface area contributed by atoms with Gasteiger partial charge in [0.1, 0.15) is 5.82 Å². The summed E-state index contributed by atoms with van der Waals surface area (Å²) in [6, 6.07) is 0. The van der Waals surface area contributed by atoms with E-state index in [0.29, 0.717) is 12.4 Å². The average Bonchev–Trinajstić information content (AvgIpc) is 2.46. The second-order valence-electron chi connectivity index (χ2n) is 3.43. The van der Waals surface area contributed by atoms with E-state index in [2.05, 4.69) is 10.4 Å². The molecule has 0 saturated carbocycles. The summed E-state index contributed by atoms with van der Waals surface area (Å²) in [6.07, 6.45) is 0.966. The van der Waals surface area contributed by atoms with Crippen LogP contribution in [0.3, 0.4) is 0 Å². The Morgan fingerprint density at radius 3 is 2.93 bits per heavy atom. The minimum Gasteiger partial charge on any atom is -0.447 e. The van der Waals surface area contributed by atoms with E-state index in [1.807, 2.05) is 0 Å². The molecule has 0 aliphatic heterocycles. The third-order valence-corrected chi connectivity index (χ3v) is 1.80. The van der Waals surface area contributed by atoms with Gasteiger partial charge in [-0.3, -0.25) is 10.00 Å². The molecule has 0 aromatic carbocycles. The summed E-state index contributed by atoms with van der Waals surface area (Å²) in [4.78, 5) is 11.3. The van der Waals surface area contributed by atoms with Crippen molar-refractivity contribution >= 4 is 11.9 Å². The number of anilines is 1. The van der Waals surface area contributed by atoms with Gasteiger partial charge in [0.2, 0.25) is 0 Å². The number of rotatable bonds is 3. The highest BCUT2D eigenvalue weighted by Gasteiger charge is 2.12. The molecule has 1 heterocycles. The molecule has 0 bridgehead atoms. The summed E-state index contributed by atoms with van der Waals surface area (Å²) in [5, 5.41) is 6.59. The topological polar surface area (TPSA) is 82.2 Å². The number of aryl methyl sites for hydroxylation is 1. The van der Waals surface area contributed by atoms with Crippen molar-refractivity contribution in [2.45, 2.75) is 26.5 Å². The van der Waals surface area contributed by atoms with Crippen LogP contribution in [-0.2, 0) is 18.3 Å². The van der Waals surface area contributed by atoms with Gasteiger partial charge in [0, 0.05) is 19.2 Å². The first kappa shape index (κ1) is 11.5. The predicted octanol–water partition coefficient (Wildman–Crippen LogP) is 0.836. The maximum atomic E-state index is 11.3. The molecule has 6 heteroatoms. The molecular formula is C9H16N4O2. The highest BCUT2D eigenvalue weighted by molar-refractivity contribution is 5.84. The van der Waals surface area contributed by atoms with Crippen LogP contribution < -0.4 is 11.1 Å². The first-order chi connectivity index (χ1) is 7.04. The van der Waals surface area contributed by atoms with Crippen LogP contribution in [0.15, 0.2) is 6.20 Å². The van der Waals surface area contributed by atoms with Gasteiger partial charge >= 0.3 is 6.09 Å². The van der Waals surface area contributed by atoms with Crippen molar-refractivity contribution in [2.24, 2.45) is 12.8 Å². The van der Waals surface area contributed by atoms with E-state index in [9.17, 15) is 4.79 Å². The number of aromatic nitrogens is 2. The highest BCUT2D eigenvalue weighted by atomic mass is 16.6. The van der Waals surface area contributed by atoms with E-state index < -0.39 is 6.09 Å². The number of nitrogens with two attached hydrogens (primary N) is 1. The molecule has 1 amide bonds. The Kier molecular flexibility index (Phi) is 3.68. The lowest BCUT2D eigenvalue weighted by Gasteiger charge is -2.10. The Morgan fingerprint density at radius 2 is 2.40 bits per heavy atom. The molecule has 0 fully saturated rings. The second kappa shape index (κ2) is 4.79. The molecule has 0 aliphatic rings.